The number of nitrogens with zero attached hydrogens (tertiary/aromatic N) is 3. The van der Waals surface area contributed by atoms with Crippen molar-refractivity contribution in [2.75, 3.05) is 39.8 Å². The van der Waals surface area contributed by atoms with Crippen LogP contribution in [0.1, 0.15) is 17.5 Å². The number of hydrogen-bond acceptors (Lipinski definition) is 5. The van der Waals surface area contributed by atoms with E-state index in [2.05, 4.69) is 16.8 Å². The van der Waals surface area contributed by atoms with Crippen molar-refractivity contribution >= 4 is 5.69 Å². The van der Waals surface area contributed by atoms with Gasteiger partial charge in [0, 0.05) is 43.9 Å². The fraction of sp³-hybridized carbons (Fsp3) is 0.429. The Morgan fingerprint density at radius 3 is 2.64 bits per heavy atom. The van der Waals surface area contributed by atoms with E-state index in [0.717, 1.165) is 50.3 Å². The summed E-state index contributed by atoms with van der Waals surface area (Å²) in [5.41, 5.74) is 1.61. The Morgan fingerprint density at radius 1 is 1.14 bits per heavy atom. The van der Waals surface area contributed by atoms with Crippen molar-refractivity contribution in [1.82, 2.24) is 9.80 Å². The average Bonchev–Trinajstić information content (AvgIpc) is 2.68. The highest BCUT2D eigenvalue weighted by atomic mass is 19.1. The topological polar surface area (TPSA) is 58.9 Å². The summed E-state index contributed by atoms with van der Waals surface area (Å²) in [6, 6.07) is 10.9. The number of hydrogen-bond donors (Lipinski definition) is 0. The van der Waals surface area contributed by atoms with E-state index < -0.39 is 0 Å². The normalized spacial score (nSPS) is 15.5. The van der Waals surface area contributed by atoms with E-state index in [9.17, 15) is 14.5 Å². The van der Waals surface area contributed by atoms with Crippen molar-refractivity contribution in [1.29, 1.82) is 0 Å². The van der Waals surface area contributed by atoms with E-state index >= 15 is 0 Å². The number of benzene rings is 2. The maximum absolute atomic E-state index is 13.3. The monoisotopic (exact) mass is 387 g/mol. The SMILES string of the molecule is CN1CCN(CCCc2cc([N+](=O)[O-])ccc2OCc2cccc(F)c2)CC1. The van der Waals surface area contributed by atoms with Gasteiger partial charge in [-0.15, -0.1) is 0 Å². The molecule has 6 nitrogen and oxygen atoms in total. The van der Waals surface area contributed by atoms with Gasteiger partial charge >= 0.3 is 0 Å². The minimum absolute atomic E-state index is 0.0627. The number of nitro groups is 1. The van der Waals surface area contributed by atoms with Gasteiger partial charge in [-0.1, -0.05) is 12.1 Å². The van der Waals surface area contributed by atoms with Crippen LogP contribution in [0.2, 0.25) is 0 Å². The van der Waals surface area contributed by atoms with Gasteiger partial charge in [0.15, 0.2) is 0 Å². The van der Waals surface area contributed by atoms with Crippen LogP contribution in [-0.2, 0) is 13.0 Å². The molecule has 0 aromatic heterocycles. The standard InChI is InChI=1S/C21H26FN3O3/c1-23-10-12-24(13-11-23)9-3-5-18-15-20(25(26)27)7-8-21(18)28-16-17-4-2-6-19(22)14-17/h2,4,6-8,14-15H,3,5,9-13,16H2,1H3. The lowest BCUT2D eigenvalue weighted by molar-refractivity contribution is -0.384. The predicted molar refractivity (Wildman–Crippen MR) is 106 cm³/mol. The van der Waals surface area contributed by atoms with E-state index in [0.29, 0.717) is 12.2 Å². The minimum Gasteiger partial charge on any atom is -0.489 e. The summed E-state index contributed by atoms with van der Waals surface area (Å²) in [5, 5.41) is 11.1. The summed E-state index contributed by atoms with van der Waals surface area (Å²) in [5.74, 6) is 0.311. The molecular formula is C21H26FN3O3. The molecule has 1 heterocycles. The summed E-state index contributed by atoms with van der Waals surface area (Å²) in [7, 11) is 2.13. The molecule has 0 unspecified atom stereocenters. The maximum Gasteiger partial charge on any atom is 0.269 e. The Morgan fingerprint density at radius 2 is 1.93 bits per heavy atom. The molecule has 1 fully saturated rings. The lowest BCUT2D eigenvalue weighted by atomic mass is 10.1. The third-order valence-corrected chi connectivity index (χ3v) is 5.05. The highest BCUT2D eigenvalue weighted by Gasteiger charge is 2.15. The number of non-ortho nitro benzene ring substituents is 1. The van der Waals surface area contributed by atoms with Crippen molar-refractivity contribution < 1.29 is 14.1 Å². The predicted octanol–water partition coefficient (Wildman–Crippen LogP) is 3.49. The fourth-order valence-electron chi connectivity index (χ4n) is 3.37. The van der Waals surface area contributed by atoms with Gasteiger partial charge < -0.3 is 14.5 Å². The molecule has 150 valence electrons. The van der Waals surface area contributed by atoms with Crippen molar-refractivity contribution in [3.8, 4) is 5.75 Å². The Balaban J connectivity index is 1.63. The Hall–Kier alpha value is -2.51. The first kappa shape index (κ1) is 20.2. The number of rotatable bonds is 8. The van der Waals surface area contributed by atoms with Crippen molar-refractivity contribution in [3.63, 3.8) is 0 Å². The highest BCUT2D eigenvalue weighted by molar-refractivity contribution is 5.44. The molecule has 0 N–H and O–H groups in total. The number of halogens is 1. The first-order chi connectivity index (χ1) is 13.5. The van der Waals surface area contributed by atoms with E-state index in [1.807, 2.05) is 0 Å². The van der Waals surface area contributed by atoms with Gasteiger partial charge in [-0.3, -0.25) is 10.1 Å². The molecule has 1 aliphatic rings. The number of aryl methyl sites for hydroxylation is 1. The van der Waals surface area contributed by atoms with Crippen molar-refractivity contribution in [2.24, 2.45) is 0 Å². The van der Waals surface area contributed by atoms with Gasteiger partial charge in [-0.25, -0.2) is 4.39 Å². The number of piperazine rings is 1. The summed E-state index contributed by atoms with van der Waals surface area (Å²) >= 11 is 0. The van der Waals surface area contributed by atoms with Gasteiger partial charge in [0.05, 0.1) is 4.92 Å². The first-order valence-electron chi connectivity index (χ1n) is 9.57. The molecule has 1 saturated heterocycles. The molecule has 0 aliphatic carbocycles. The Kier molecular flexibility index (Phi) is 6.95. The van der Waals surface area contributed by atoms with E-state index in [4.69, 9.17) is 4.74 Å². The van der Waals surface area contributed by atoms with Crippen molar-refractivity contribution in [2.45, 2.75) is 19.4 Å². The van der Waals surface area contributed by atoms with Gasteiger partial charge in [0.25, 0.3) is 5.69 Å². The van der Waals surface area contributed by atoms with E-state index in [1.54, 1.807) is 24.3 Å². The van der Waals surface area contributed by atoms with Crippen LogP contribution in [0.3, 0.4) is 0 Å². The molecule has 7 heteroatoms. The lowest BCUT2D eigenvalue weighted by Crippen LogP contribution is -2.44. The molecule has 0 bridgehead atoms. The van der Waals surface area contributed by atoms with E-state index in [-0.39, 0.29) is 23.0 Å². The van der Waals surface area contributed by atoms with Gasteiger partial charge in [-0.05, 0) is 50.2 Å². The number of likely N-dealkylation sites (N-methyl/N-ethyl adjacent to an activating group) is 1. The van der Waals surface area contributed by atoms with Gasteiger partial charge in [0.1, 0.15) is 18.2 Å². The highest BCUT2D eigenvalue weighted by Crippen LogP contribution is 2.26. The quantitative estimate of drug-likeness (QED) is 0.513. The summed E-state index contributed by atoms with van der Waals surface area (Å²) < 4.78 is 19.2. The second-order valence-corrected chi connectivity index (χ2v) is 7.22. The van der Waals surface area contributed by atoms with Crippen LogP contribution < -0.4 is 4.74 Å². The molecule has 3 rings (SSSR count). The van der Waals surface area contributed by atoms with E-state index in [1.165, 1.54) is 18.2 Å². The molecule has 0 radical (unpaired) electrons. The van der Waals surface area contributed by atoms with Crippen LogP contribution in [0.4, 0.5) is 10.1 Å². The number of nitro benzene ring substituents is 1. The van der Waals surface area contributed by atoms with Crippen LogP contribution in [0.25, 0.3) is 0 Å². The molecule has 0 atom stereocenters. The lowest BCUT2D eigenvalue weighted by Gasteiger charge is -2.32. The molecule has 2 aromatic rings. The van der Waals surface area contributed by atoms with Gasteiger partial charge in [-0.2, -0.15) is 0 Å². The largest absolute Gasteiger partial charge is 0.489 e. The molecule has 0 amide bonds. The first-order valence-corrected chi connectivity index (χ1v) is 9.57. The van der Waals surface area contributed by atoms with Crippen LogP contribution in [-0.4, -0.2) is 54.5 Å². The third-order valence-electron chi connectivity index (χ3n) is 5.05. The zero-order valence-electron chi connectivity index (χ0n) is 16.1. The average molecular weight is 387 g/mol. The smallest absolute Gasteiger partial charge is 0.269 e. The van der Waals surface area contributed by atoms with Gasteiger partial charge in [0.2, 0.25) is 0 Å². The zero-order chi connectivity index (χ0) is 19.9. The van der Waals surface area contributed by atoms with Crippen LogP contribution in [0, 0.1) is 15.9 Å². The van der Waals surface area contributed by atoms with Crippen LogP contribution in [0.15, 0.2) is 42.5 Å². The third kappa shape index (κ3) is 5.74. The summed E-state index contributed by atoms with van der Waals surface area (Å²) in [6.07, 6.45) is 1.60. The Bertz CT molecular complexity index is 807. The molecule has 2 aromatic carbocycles. The number of ether oxygens (including phenoxy) is 1. The van der Waals surface area contributed by atoms with Crippen LogP contribution in [0.5, 0.6) is 5.75 Å². The molecule has 1 aliphatic heterocycles. The molecule has 0 saturated carbocycles. The zero-order valence-corrected chi connectivity index (χ0v) is 16.1. The second-order valence-electron chi connectivity index (χ2n) is 7.22. The second kappa shape index (κ2) is 9.61. The van der Waals surface area contributed by atoms with Crippen molar-refractivity contribution in [3.05, 3.63) is 69.5 Å². The molecular weight excluding hydrogens is 361 g/mol. The fourth-order valence-corrected chi connectivity index (χ4v) is 3.37. The molecule has 28 heavy (non-hydrogen) atoms. The summed E-state index contributed by atoms with van der Waals surface area (Å²) in [4.78, 5) is 15.5. The maximum atomic E-state index is 13.3. The molecule has 0 spiro atoms. The minimum atomic E-state index is -0.389. The Labute approximate surface area is 164 Å². The van der Waals surface area contributed by atoms with Crippen LogP contribution >= 0.6 is 0 Å². The summed E-state index contributed by atoms with van der Waals surface area (Å²) in [6.45, 7) is 5.42.